The maximum Gasteiger partial charge on any atom is 0.227 e. The number of amides is 1. The van der Waals surface area contributed by atoms with Crippen LogP contribution in [-0.4, -0.2) is 29.0 Å². The van der Waals surface area contributed by atoms with E-state index >= 15 is 0 Å². The first-order valence-electron chi connectivity index (χ1n) is 7.81. The lowest BCUT2D eigenvalue weighted by atomic mass is 9.83. The Kier molecular flexibility index (Phi) is 3.66. The van der Waals surface area contributed by atoms with Crippen molar-refractivity contribution in [2.45, 2.75) is 38.3 Å². The van der Waals surface area contributed by atoms with E-state index in [0.717, 1.165) is 18.4 Å². The summed E-state index contributed by atoms with van der Waals surface area (Å²) in [5.41, 5.74) is 7.06. The largest absolute Gasteiger partial charge is 0.508 e. The summed E-state index contributed by atoms with van der Waals surface area (Å²) in [6.07, 6.45) is 3.41. The van der Waals surface area contributed by atoms with Crippen LogP contribution >= 0.6 is 0 Å². The van der Waals surface area contributed by atoms with Crippen molar-refractivity contribution < 1.29 is 9.90 Å². The number of fused-ring (bicyclic) bond motifs is 2. The first-order chi connectivity index (χ1) is 10.0. The first kappa shape index (κ1) is 14.4. The van der Waals surface area contributed by atoms with Crippen LogP contribution in [0.2, 0.25) is 0 Å². The summed E-state index contributed by atoms with van der Waals surface area (Å²) >= 11 is 0. The Balaban J connectivity index is 1.77. The lowest BCUT2D eigenvalue weighted by Crippen LogP contribution is -2.46. The van der Waals surface area contributed by atoms with Crippen LogP contribution in [0.4, 0.5) is 0 Å². The highest BCUT2D eigenvalue weighted by molar-refractivity contribution is 5.81. The molecule has 3 rings (SSSR count). The molecular weight excluding hydrogens is 264 g/mol. The number of rotatable bonds is 3. The summed E-state index contributed by atoms with van der Waals surface area (Å²) in [5, 5.41) is 9.97. The monoisotopic (exact) mass is 288 g/mol. The molecule has 4 heteroatoms. The summed E-state index contributed by atoms with van der Waals surface area (Å²) in [7, 11) is 1.82. The minimum Gasteiger partial charge on any atom is -0.508 e. The normalized spacial score (nSPS) is 32.1. The van der Waals surface area contributed by atoms with Crippen molar-refractivity contribution in [3.8, 4) is 5.75 Å². The van der Waals surface area contributed by atoms with Crippen molar-refractivity contribution in [1.82, 2.24) is 4.90 Å². The van der Waals surface area contributed by atoms with Crippen molar-refractivity contribution in [2.24, 2.45) is 23.5 Å². The van der Waals surface area contributed by atoms with Gasteiger partial charge in [0.15, 0.2) is 0 Å². The van der Waals surface area contributed by atoms with Gasteiger partial charge in [-0.05, 0) is 44.1 Å². The topological polar surface area (TPSA) is 66.6 Å². The number of carbonyl (C=O) groups is 1. The van der Waals surface area contributed by atoms with Crippen molar-refractivity contribution in [3.05, 3.63) is 29.8 Å². The zero-order valence-electron chi connectivity index (χ0n) is 12.7. The molecule has 4 nitrogen and oxygen atoms in total. The summed E-state index contributed by atoms with van der Waals surface area (Å²) in [4.78, 5) is 14.6. The van der Waals surface area contributed by atoms with E-state index in [0.29, 0.717) is 11.8 Å². The van der Waals surface area contributed by atoms with E-state index in [4.69, 9.17) is 5.73 Å². The fourth-order valence-electron chi connectivity index (χ4n) is 4.18. The third-order valence-corrected chi connectivity index (χ3v) is 5.58. The standard InChI is InChI=1S/C17H24N2O2/c1-10(13-5-3-4-6-14(13)20)19(2)17(21)15-11-7-8-12(9-11)16(15)18/h3-6,10-12,15-16,20H,7-9,18H2,1-2H3. The molecule has 0 saturated heterocycles. The van der Waals surface area contributed by atoms with Crippen LogP contribution in [0.5, 0.6) is 5.75 Å². The maximum atomic E-state index is 12.8. The molecule has 0 aromatic heterocycles. The van der Waals surface area contributed by atoms with Crippen LogP contribution in [0.25, 0.3) is 0 Å². The second-order valence-corrected chi connectivity index (χ2v) is 6.62. The number of nitrogens with zero attached hydrogens (tertiary/aromatic N) is 1. The van der Waals surface area contributed by atoms with Gasteiger partial charge in [0.05, 0.1) is 12.0 Å². The molecule has 0 aliphatic heterocycles. The molecule has 2 fully saturated rings. The molecule has 1 amide bonds. The smallest absolute Gasteiger partial charge is 0.227 e. The second-order valence-electron chi connectivity index (χ2n) is 6.62. The molecule has 1 aromatic carbocycles. The molecule has 1 aromatic rings. The molecule has 5 atom stereocenters. The van der Waals surface area contributed by atoms with E-state index in [1.165, 1.54) is 6.42 Å². The van der Waals surface area contributed by atoms with Gasteiger partial charge >= 0.3 is 0 Å². The van der Waals surface area contributed by atoms with Gasteiger partial charge in [-0.3, -0.25) is 4.79 Å². The zero-order chi connectivity index (χ0) is 15.1. The van der Waals surface area contributed by atoms with Crippen molar-refractivity contribution in [3.63, 3.8) is 0 Å². The van der Waals surface area contributed by atoms with Crippen LogP contribution in [-0.2, 0) is 4.79 Å². The molecule has 21 heavy (non-hydrogen) atoms. The minimum absolute atomic E-state index is 0.00951. The number of phenolic OH excluding ortho intramolecular Hbond substituents is 1. The number of hydrogen-bond donors (Lipinski definition) is 2. The second kappa shape index (κ2) is 5.34. The van der Waals surface area contributed by atoms with Gasteiger partial charge < -0.3 is 15.7 Å². The minimum atomic E-state index is -0.148. The first-order valence-corrected chi connectivity index (χ1v) is 7.81. The Hall–Kier alpha value is -1.55. The summed E-state index contributed by atoms with van der Waals surface area (Å²) in [5.74, 6) is 1.31. The predicted octanol–water partition coefficient (Wildman–Crippen LogP) is 2.29. The van der Waals surface area contributed by atoms with E-state index in [1.807, 2.05) is 26.1 Å². The average Bonchev–Trinajstić information content (AvgIpc) is 3.06. The van der Waals surface area contributed by atoms with E-state index in [-0.39, 0.29) is 29.7 Å². The molecule has 2 saturated carbocycles. The Morgan fingerprint density at radius 2 is 2.00 bits per heavy atom. The van der Waals surface area contributed by atoms with Gasteiger partial charge in [-0.15, -0.1) is 0 Å². The van der Waals surface area contributed by atoms with E-state index in [9.17, 15) is 9.90 Å². The molecule has 2 bridgehead atoms. The predicted molar refractivity (Wildman–Crippen MR) is 81.6 cm³/mol. The van der Waals surface area contributed by atoms with Crippen molar-refractivity contribution in [1.29, 1.82) is 0 Å². The van der Waals surface area contributed by atoms with Gasteiger partial charge in [-0.25, -0.2) is 0 Å². The molecule has 0 heterocycles. The average molecular weight is 288 g/mol. The Bertz CT molecular complexity index is 543. The number of para-hydroxylation sites is 1. The van der Waals surface area contributed by atoms with Crippen molar-refractivity contribution >= 4 is 5.91 Å². The molecule has 0 spiro atoms. The molecule has 0 radical (unpaired) electrons. The van der Waals surface area contributed by atoms with Crippen LogP contribution in [0.1, 0.15) is 37.8 Å². The lowest BCUT2D eigenvalue weighted by Gasteiger charge is -2.34. The van der Waals surface area contributed by atoms with Crippen LogP contribution < -0.4 is 5.73 Å². The third-order valence-electron chi connectivity index (χ3n) is 5.58. The highest BCUT2D eigenvalue weighted by Crippen LogP contribution is 2.48. The summed E-state index contributed by atoms with van der Waals surface area (Å²) < 4.78 is 0. The quantitative estimate of drug-likeness (QED) is 0.896. The highest BCUT2D eigenvalue weighted by Gasteiger charge is 2.50. The third kappa shape index (κ3) is 2.31. The van der Waals surface area contributed by atoms with Gasteiger partial charge in [0.2, 0.25) is 5.91 Å². The number of aromatic hydroxyl groups is 1. The Labute approximate surface area is 125 Å². The van der Waals surface area contributed by atoms with Crippen LogP contribution in [0.3, 0.4) is 0 Å². The molecule has 2 aliphatic carbocycles. The van der Waals surface area contributed by atoms with E-state index in [2.05, 4.69) is 0 Å². The molecule has 3 N–H and O–H groups in total. The number of benzene rings is 1. The van der Waals surface area contributed by atoms with Crippen molar-refractivity contribution in [2.75, 3.05) is 7.05 Å². The Morgan fingerprint density at radius 3 is 2.62 bits per heavy atom. The van der Waals surface area contributed by atoms with Crippen LogP contribution in [0, 0.1) is 17.8 Å². The van der Waals surface area contributed by atoms with Gasteiger partial charge in [-0.1, -0.05) is 18.2 Å². The summed E-state index contributed by atoms with van der Waals surface area (Å²) in [6.45, 7) is 1.95. The van der Waals surface area contributed by atoms with Gasteiger partial charge in [0.25, 0.3) is 0 Å². The number of carbonyl (C=O) groups excluding carboxylic acids is 1. The highest BCUT2D eigenvalue weighted by atomic mass is 16.3. The molecular formula is C17H24N2O2. The molecule has 2 aliphatic rings. The zero-order valence-corrected chi connectivity index (χ0v) is 12.7. The molecule has 114 valence electrons. The van der Waals surface area contributed by atoms with Gasteiger partial charge in [0.1, 0.15) is 5.75 Å². The maximum absolute atomic E-state index is 12.8. The van der Waals surface area contributed by atoms with E-state index < -0.39 is 0 Å². The van der Waals surface area contributed by atoms with E-state index in [1.54, 1.807) is 17.0 Å². The fourth-order valence-corrected chi connectivity index (χ4v) is 4.18. The summed E-state index contributed by atoms with van der Waals surface area (Å²) in [6, 6.07) is 7.06. The number of phenols is 1. The fraction of sp³-hybridized carbons (Fsp3) is 0.588. The SMILES string of the molecule is CC(c1ccccc1O)N(C)C(=O)C1C2CCC(C2)C1N. The Morgan fingerprint density at radius 1 is 1.33 bits per heavy atom. The van der Waals surface area contributed by atoms with Gasteiger partial charge in [-0.2, -0.15) is 0 Å². The number of nitrogens with two attached hydrogens (primary N) is 1. The van der Waals surface area contributed by atoms with Crippen LogP contribution in [0.15, 0.2) is 24.3 Å². The van der Waals surface area contributed by atoms with Gasteiger partial charge in [0, 0.05) is 18.7 Å². The molecule has 5 unspecified atom stereocenters. The number of hydrogen-bond acceptors (Lipinski definition) is 3. The lowest BCUT2D eigenvalue weighted by molar-refractivity contribution is -0.138.